The summed E-state index contributed by atoms with van der Waals surface area (Å²) in [6.07, 6.45) is 2.44. The Balaban J connectivity index is 1.93. The largest absolute Gasteiger partial charge is 0.480 e. The minimum atomic E-state index is -0.868. The van der Waals surface area contributed by atoms with Gasteiger partial charge in [-0.1, -0.05) is 18.2 Å². The molecule has 1 saturated heterocycles. The van der Waals surface area contributed by atoms with Crippen LogP contribution in [0.3, 0.4) is 0 Å². The predicted molar refractivity (Wildman–Crippen MR) is 82.5 cm³/mol. The maximum atomic E-state index is 11.9. The molecule has 0 bridgehead atoms. The molecule has 1 aromatic carbocycles. The van der Waals surface area contributed by atoms with E-state index in [0.717, 1.165) is 42.6 Å². The van der Waals surface area contributed by atoms with Gasteiger partial charge < -0.3 is 15.4 Å². The van der Waals surface area contributed by atoms with Gasteiger partial charge >= 0.3 is 5.97 Å². The Bertz CT molecular complexity index is 646. The van der Waals surface area contributed by atoms with Crippen LogP contribution in [0.15, 0.2) is 30.5 Å². The van der Waals surface area contributed by atoms with Crippen LogP contribution in [0, 0.1) is 0 Å². The number of hydrogen-bond acceptors (Lipinski definition) is 3. The Morgan fingerprint density at radius 1 is 1.33 bits per heavy atom. The van der Waals surface area contributed by atoms with Crippen molar-refractivity contribution in [2.24, 2.45) is 0 Å². The Morgan fingerprint density at radius 3 is 2.76 bits per heavy atom. The number of nitrogens with one attached hydrogen (secondary N) is 2. The number of piperazine rings is 1. The number of rotatable bonds is 4. The lowest BCUT2D eigenvalue weighted by atomic mass is 9.90. The first-order chi connectivity index (χ1) is 10.1. The van der Waals surface area contributed by atoms with E-state index < -0.39 is 11.5 Å². The zero-order valence-corrected chi connectivity index (χ0v) is 12.2. The second kappa shape index (κ2) is 5.50. The summed E-state index contributed by atoms with van der Waals surface area (Å²) in [6, 6.07) is 8.03. The molecule has 112 valence electrons. The van der Waals surface area contributed by atoms with Crippen LogP contribution in [0.1, 0.15) is 12.5 Å². The summed E-state index contributed by atoms with van der Waals surface area (Å²) < 4.78 is 0. The molecule has 0 aliphatic carbocycles. The van der Waals surface area contributed by atoms with Crippen LogP contribution >= 0.6 is 0 Å². The molecule has 21 heavy (non-hydrogen) atoms. The third-order valence-electron chi connectivity index (χ3n) is 4.49. The minimum absolute atomic E-state index is 0.506. The molecule has 3 N–H and O–H groups in total. The maximum Gasteiger partial charge on any atom is 0.324 e. The number of H-pyrrole nitrogens is 1. The number of carboxylic acid groups (broad SMARTS) is 1. The number of aromatic nitrogens is 1. The van der Waals surface area contributed by atoms with E-state index in [9.17, 15) is 9.90 Å². The van der Waals surface area contributed by atoms with Gasteiger partial charge in [0.1, 0.15) is 5.54 Å². The van der Waals surface area contributed by atoms with E-state index in [1.807, 2.05) is 37.4 Å². The Kier molecular flexibility index (Phi) is 3.69. The molecule has 0 radical (unpaired) electrons. The van der Waals surface area contributed by atoms with Gasteiger partial charge in [0, 0.05) is 49.7 Å². The SMILES string of the molecule is CC(Cc1c[nH]c2ccccc12)(C(=O)O)N1CCNCC1. The number of aliphatic carboxylic acids is 1. The van der Waals surface area contributed by atoms with Crippen molar-refractivity contribution in [1.82, 2.24) is 15.2 Å². The predicted octanol–water partition coefficient (Wildman–Crippen LogP) is 1.46. The number of hydrogen-bond donors (Lipinski definition) is 3. The fraction of sp³-hybridized carbons (Fsp3) is 0.438. The average molecular weight is 287 g/mol. The maximum absolute atomic E-state index is 11.9. The second-order valence-electron chi connectivity index (χ2n) is 5.85. The molecule has 1 fully saturated rings. The summed E-state index contributed by atoms with van der Waals surface area (Å²) >= 11 is 0. The molecule has 2 heterocycles. The molecule has 5 nitrogen and oxygen atoms in total. The van der Waals surface area contributed by atoms with Crippen molar-refractivity contribution < 1.29 is 9.90 Å². The highest BCUT2D eigenvalue weighted by molar-refractivity contribution is 5.85. The number of para-hydroxylation sites is 1. The lowest BCUT2D eigenvalue weighted by Crippen LogP contribution is -2.59. The van der Waals surface area contributed by atoms with Gasteiger partial charge in [-0.15, -0.1) is 0 Å². The summed E-state index contributed by atoms with van der Waals surface area (Å²) in [7, 11) is 0. The molecular weight excluding hydrogens is 266 g/mol. The van der Waals surface area contributed by atoms with Crippen LogP contribution in [0.5, 0.6) is 0 Å². The molecule has 5 heteroatoms. The fourth-order valence-corrected chi connectivity index (χ4v) is 3.13. The van der Waals surface area contributed by atoms with Gasteiger partial charge in [-0.25, -0.2) is 0 Å². The van der Waals surface area contributed by atoms with E-state index in [4.69, 9.17) is 0 Å². The smallest absolute Gasteiger partial charge is 0.324 e. The number of carboxylic acids is 1. The van der Waals surface area contributed by atoms with Crippen LogP contribution in [0.4, 0.5) is 0 Å². The van der Waals surface area contributed by atoms with Gasteiger partial charge in [0.2, 0.25) is 0 Å². The highest BCUT2D eigenvalue weighted by Crippen LogP contribution is 2.26. The molecule has 1 aliphatic rings. The summed E-state index contributed by atoms with van der Waals surface area (Å²) in [5.41, 5.74) is 1.25. The van der Waals surface area contributed by atoms with Crippen molar-refractivity contribution in [2.45, 2.75) is 18.9 Å². The van der Waals surface area contributed by atoms with E-state index in [1.54, 1.807) is 0 Å². The van der Waals surface area contributed by atoms with Crippen molar-refractivity contribution in [1.29, 1.82) is 0 Å². The van der Waals surface area contributed by atoms with E-state index in [-0.39, 0.29) is 0 Å². The lowest BCUT2D eigenvalue weighted by Gasteiger charge is -2.40. The Morgan fingerprint density at radius 2 is 2.05 bits per heavy atom. The van der Waals surface area contributed by atoms with Gasteiger partial charge in [-0.05, 0) is 18.6 Å². The van der Waals surface area contributed by atoms with Crippen molar-refractivity contribution in [3.05, 3.63) is 36.0 Å². The Labute approximate surface area is 124 Å². The summed E-state index contributed by atoms with van der Waals surface area (Å²) in [5, 5.41) is 14.2. The highest BCUT2D eigenvalue weighted by atomic mass is 16.4. The van der Waals surface area contributed by atoms with E-state index in [1.165, 1.54) is 0 Å². The molecular formula is C16H21N3O2. The zero-order valence-electron chi connectivity index (χ0n) is 12.2. The summed E-state index contributed by atoms with van der Waals surface area (Å²) in [6.45, 7) is 5.06. The molecule has 0 saturated carbocycles. The molecule has 3 rings (SSSR count). The normalized spacial score (nSPS) is 19.5. The summed E-state index contributed by atoms with van der Waals surface area (Å²) in [4.78, 5) is 17.2. The summed E-state index contributed by atoms with van der Waals surface area (Å²) in [5.74, 6) is -0.755. The van der Waals surface area contributed by atoms with Crippen molar-refractivity contribution in [3.63, 3.8) is 0 Å². The first-order valence-electron chi connectivity index (χ1n) is 7.35. The van der Waals surface area contributed by atoms with Crippen molar-refractivity contribution >= 4 is 16.9 Å². The van der Waals surface area contributed by atoms with Gasteiger partial charge in [0.05, 0.1) is 0 Å². The van der Waals surface area contributed by atoms with Gasteiger partial charge in [-0.3, -0.25) is 9.69 Å². The third-order valence-corrected chi connectivity index (χ3v) is 4.49. The topological polar surface area (TPSA) is 68.4 Å². The van der Waals surface area contributed by atoms with E-state index >= 15 is 0 Å². The zero-order chi connectivity index (χ0) is 14.9. The van der Waals surface area contributed by atoms with Gasteiger partial charge in [-0.2, -0.15) is 0 Å². The third kappa shape index (κ3) is 2.54. The molecule has 1 aromatic heterocycles. The standard InChI is InChI=1S/C16H21N3O2/c1-16(15(20)21,19-8-6-17-7-9-19)10-12-11-18-14-5-3-2-4-13(12)14/h2-5,11,17-18H,6-10H2,1H3,(H,20,21). The number of carbonyl (C=O) groups is 1. The van der Waals surface area contributed by atoms with Crippen LogP contribution in [0.2, 0.25) is 0 Å². The first-order valence-corrected chi connectivity index (χ1v) is 7.35. The monoisotopic (exact) mass is 287 g/mol. The van der Waals surface area contributed by atoms with Crippen LogP contribution in [-0.2, 0) is 11.2 Å². The lowest BCUT2D eigenvalue weighted by molar-refractivity contribution is -0.151. The van der Waals surface area contributed by atoms with Gasteiger partial charge in [0.15, 0.2) is 0 Å². The molecule has 1 aliphatic heterocycles. The van der Waals surface area contributed by atoms with Crippen molar-refractivity contribution in [3.8, 4) is 0 Å². The molecule has 1 atom stereocenters. The van der Waals surface area contributed by atoms with Crippen LogP contribution in [-0.4, -0.2) is 52.7 Å². The van der Waals surface area contributed by atoms with E-state index in [2.05, 4.69) is 15.2 Å². The van der Waals surface area contributed by atoms with E-state index in [0.29, 0.717) is 6.42 Å². The quantitative estimate of drug-likeness (QED) is 0.796. The second-order valence-corrected chi connectivity index (χ2v) is 5.85. The molecule has 0 amide bonds. The average Bonchev–Trinajstić information content (AvgIpc) is 2.91. The highest BCUT2D eigenvalue weighted by Gasteiger charge is 2.40. The molecule has 2 aromatic rings. The fourth-order valence-electron chi connectivity index (χ4n) is 3.13. The number of aromatic amines is 1. The number of benzene rings is 1. The number of fused-ring (bicyclic) bond motifs is 1. The van der Waals surface area contributed by atoms with Gasteiger partial charge in [0.25, 0.3) is 0 Å². The molecule has 0 spiro atoms. The van der Waals surface area contributed by atoms with Crippen molar-refractivity contribution in [2.75, 3.05) is 26.2 Å². The molecule has 1 unspecified atom stereocenters. The number of nitrogens with zero attached hydrogens (tertiary/aromatic N) is 1. The van der Waals surface area contributed by atoms with Crippen LogP contribution in [0.25, 0.3) is 10.9 Å². The Hall–Kier alpha value is -1.85. The first kappa shape index (κ1) is 14.1. The van der Waals surface area contributed by atoms with Crippen LogP contribution < -0.4 is 5.32 Å². The minimum Gasteiger partial charge on any atom is -0.480 e.